The van der Waals surface area contributed by atoms with Gasteiger partial charge in [-0.15, -0.1) is 0 Å². The highest BCUT2D eigenvalue weighted by Crippen LogP contribution is 2.16. The molecule has 0 aliphatic rings. The monoisotopic (exact) mass is 374 g/mol. The maximum atomic E-state index is 12.6. The van der Waals surface area contributed by atoms with Gasteiger partial charge in [-0.2, -0.15) is 4.31 Å². The fourth-order valence-corrected chi connectivity index (χ4v) is 3.57. The predicted octanol–water partition coefficient (Wildman–Crippen LogP) is 2.39. The van der Waals surface area contributed by atoms with E-state index in [1.807, 2.05) is 37.3 Å². The van der Waals surface area contributed by atoms with Crippen molar-refractivity contribution in [2.45, 2.75) is 24.8 Å². The van der Waals surface area contributed by atoms with E-state index in [-0.39, 0.29) is 23.3 Å². The van der Waals surface area contributed by atoms with Crippen LogP contribution in [0.3, 0.4) is 0 Å². The number of Topliss-reactive ketones (excluding diaryl/α,β-unsaturated/α-hetero) is 1. The predicted molar refractivity (Wildman–Crippen MR) is 99.3 cm³/mol. The summed E-state index contributed by atoms with van der Waals surface area (Å²) in [6.07, 6.45) is 0. The van der Waals surface area contributed by atoms with Gasteiger partial charge >= 0.3 is 0 Å². The first-order chi connectivity index (χ1) is 12.2. The van der Waals surface area contributed by atoms with Crippen LogP contribution < -0.4 is 5.32 Å². The summed E-state index contributed by atoms with van der Waals surface area (Å²) in [4.78, 5) is 23.5. The van der Waals surface area contributed by atoms with E-state index in [9.17, 15) is 18.0 Å². The fraction of sp³-hybridized carbons (Fsp3) is 0.263. The van der Waals surface area contributed by atoms with E-state index in [0.717, 1.165) is 9.87 Å². The van der Waals surface area contributed by atoms with Gasteiger partial charge in [0, 0.05) is 12.6 Å². The number of nitrogens with zero attached hydrogens (tertiary/aromatic N) is 1. The van der Waals surface area contributed by atoms with Crippen LogP contribution in [0, 0.1) is 0 Å². The summed E-state index contributed by atoms with van der Waals surface area (Å²) in [6, 6.07) is 14.8. The van der Waals surface area contributed by atoms with Crippen molar-refractivity contribution in [3.05, 3.63) is 65.7 Å². The Bertz CT molecular complexity index is 878. The first-order valence-electron chi connectivity index (χ1n) is 8.13. The maximum absolute atomic E-state index is 12.6. The summed E-state index contributed by atoms with van der Waals surface area (Å²) >= 11 is 0. The second-order valence-corrected chi connectivity index (χ2v) is 8.09. The van der Waals surface area contributed by atoms with Crippen molar-refractivity contribution in [3.8, 4) is 0 Å². The zero-order valence-corrected chi connectivity index (χ0v) is 15.8. The van der Waals surface area contributed by atoms with Gasteiger partial charge in [-0.05, 0) is 31.5 Å². The topological polar surface area (TPSA) is 83.6 Å². The summed E-state index contributed by atoms with van der Waals surface area (Å²) in [5.74, 6) is -0.538. The Kier molecular flexibility index (Phi) is 6.28. The van der Waals surface area contributed by atoms with E-state index < -0.39 is 15.9 Å². The molecular formula is C19H22N2O4S. The Morgan fingerprint density at radius 1 is 1.04 bits per heavy atom. The molecule has 0 saturated carbocycles. The first kappa shape index (κ1) is 19.8. The zero-order valence-electron chi connectivity index (χ0n) is 15.0. The Balaban J connectivity index is 2.04. The minimum atomic E-state index is -3.82. The lowest BCUT2D eigenvalue weighted by Crippen LogP contribution is -2.39. The lowest BCUT2D eigenvalue weighted by atomic mass is 10.1. The average Bonchev–Trinajstić information content (AvgIpc) is 2.62. The van der Waals surface area contributed by atoms with E-state index in [2.05, 4.69) is 5.32 Å². The molecule has 1 atom stereocenters. The van der Waals surface area contributed by atoms with Crippen molar-refractivity contribution in [2.75, 3.05) is 13.6 Å². The Hall–Kier alpha value is -2.51. The molecule has 138 valence electrons. The molecule has 0 bridgehead atoms. The summed E-state index contributed by atoms with van der Waals surface area (Å²) in [6.45, 7) is 2.95. The summed E-state index contributed by atoms with van der Waals surface area (Å²) < 4.78 is 26.1. The van der Waals surface area contributed by atoms with Gasteiger partial charge in [0.25, 0.3) is 0 Å². The molecule has 2 rings (SSSR count). The van der Waals surface area contributed by atoms with E-state index in [0.29, 0.717) is 5.56 Å². The van der Waals surface area contributed by atoms with Crippen LogP contribution in [0.25, 0.3) is 0 Å². The molecule has 0 aliphatic heterocycles. The van der Waals surface area contributed by atoms with Crippen LogP contribution >= 0.6 is 0 Å². The van der Waals surface area contributed by atoms with Gasteiger partial charge < -0.3 is 5.32 Å². The van der Waals surface area contributed by atoms with Crippen LogP contribution in [-0.4, -0.2) is 38.0 Å². The zero-order chi connectivity index (χ0) is 19.3. The molecular weight excluding hydrogens is 352 g/mol. The average molecular weight is 374 g/mol. The third-order valence-electron chi connectivity index (χ3n) is 4.01. The number of hydrogen-bond acceptors (Lipinski definition) is 4. The van der Waals surface area contributed by atoms with Gasteiger partial charge in [-0.3, -0.25) is 9.59 Å². The first-order valence-corrected chi connectivity index (χ1v) is 9.57. The molecule has 0 radical (unpaired) electrons. The molecule has 0 aliphatic carbocycles. The molecule has 0 fully saturated rings. The lowest BCUT2D eigenvalue weighted by Gasteiger charge is -2.19. The van der Waals surface area contributed by atoms with Crippen LogP contribution in [0.4, 0.5) is 0 Å². The quantitative estimate of drug-likeness (QED) is 0.754. The van der Waals surface area contributed by atoms with Crippen LogP contribution in [0.5, 0.6) is 0 Å². The molecule has 1 amide bonds. The molecule has 0 aromatic heterocycles. The standard InChI is InChI=1S/C19H22N2O4S/c1-14(16-7-5-4-6-8-16)20-19(23)13-21(3)26(24,25)18-11-9-17(10-12-18)15(2)22/h4-12,14H,13H2,1-3H3,(H,20,23). The van der Waals surface area contributed by atoms with Gasteiger partial charge in [0.15, 0.2) is 5.78 Å². The van der Waals surface area contributed by atoms with Crippen LogP contribution in [0.2, 0.25) is 0 Å². The molecule has 1 N–H and O–H groups in total. The highest BCUT2D eigenvalue weighted by Gasteiger charge is 2.23. The van der Waals surface area contributed by atoms with Crippen LogP contribution in [0.1, 0.15) is 35.8 Å². The Morgan fingerprint density at radius 2 is 1.62 bits per heavy atom. The van der Waals surface area contributed by atoms with Crippen molar-refractivity contribution in [3.63, 3.8) is 0 Å². The van der Waals surface area contributed by atoms with E-state index in [4.69, 9.17) is 0 Å². The normalized spacial score (nSPS) is 12.6. The molecule has 7 heteroatoms. The van der Waals surface area contributed by atoms with Gasteiger partial charge in [-0.1, -0.05) is 42.5 Å². The molecule has 0 spiro atoms. The molecule has 2 aromatic carbocycles. The molecule has 6 nitrogen and oxygen atoms in total. The Morgan fingerprint density at radius 3 is 2.15 bits per heavy atom. The van der Waals surface area contributed by atoms with Crippen molar-refractivity contribution in [1.82, 2.24) is 9.62 Å². The van der Waals surface area contributed by atoms with Crippen molar-refractivity contribution in [2.24, 2.45) is 0 Å². The molecule has 26 heavy (non-hydrogen) atoms. The number of amides is 1. The summed E-state index contributed by atoms with van der Waals surface area (Å²) in [5, 5.41) is 2.78. The summed E-state index contributed by atoms with van der Waals surface area (Å²) in [5.41, 5.74) is 1.37. The highest BCUT2D eigenvalue weighted by atomic mass is 32.2. The smallest absolute Gasteiger partial charge is 0.243 e. The van der Waals surface area contributed by atoms with Crippen molar-refractivity contribution >= 4 is 21.7 Å². The number of nitrogens with one attached hydrogen (secondary N) is 1. The van der Waals surface area contributed by atoms with Gasteiger partial charge in [0.1, 0.15) is 0 Å². The minimum absolute atomic E-state index is 0.0360. The van der Waals surface area contributed by atoms with Crippen molar-refractivity contribution in [1.29, 1.82) is 0 Å². The number of benzene rings is 2. The SMILES string of the molecule is CC(=O)c1ccc(S(=O)(=O)N(C)CC(=O)NC(C)c2ccccc2)cc1. The molecule has 0 heterocycles. The molecule has 0 saturated heterocycles. The highest BCUT2D eigenvalue weighted by molar-refractivity contribution is 7.89. The third kappa shape index (κ3) is 4.77. The third-order valence-corrected chi connectivity index (χ3v) is 5.83. The second kappa shape index (κ2) is 8.25. The lowest BCUT2D eigenvalue weighted by molar-refractivity contribution is -0.121. The van der Waals surface area contributed by atoms with E-state index >= 15 is 0 Å². The number of sulfonamides is 1. The molecule has 2 aromatic rings. The van der Waals surface area contributed by atoms with Crippen LogP contribution in [-0.2, 0) is 14.8 Å². The number of ketones is 1. The summed E-state index contributed by atoms with van der Waals surface area (Å²) in [7, 11) is -2.47. The van der Waals surface area contributed by atoms with Crippen LogP contribution in [0.15, 0.2) is 59.5 Å². The van der Waals surface area contributed by atoms with E-state index in [1.54, 1.807) is 0 Å². The number of carbonyl (C=O) groups excluding carboxylic acids is 2. The number of carbonyl (C=O) groups is 2. The Labute approximate surface area is 153 Å². The maximum Gasteiger partial charge on any atom is 0.243 e. The van der Waals surface area contributed by atoms with Gasteiger partial charge in [0.2, 0.25) is 15.9 Å². The minimum Gasteiger partial charge on any atom is -0.348 e. The largest absolute Gasteiger partial charge is 0.348 e. The van der Waals surface area contributed by atoms with Gasteiger partial charge in [0.05, 0.1) is 17.5 Å². The number of rotatable bonds is 7. The number of hydrogen-bond donors (Lipinski definition) is 1. The second-order valence-electron chi connectivity index (χ2n) is 6.04. The molecule has 1 unspecified atom stereocenters. The van der Waals surface area contributed by atoms with Crippen molar-refractivity contribution < 1.29 is 18.0 Å². The number of likely N-dealkylation sites (N-methyl/N-ethyl adjacent to an activating group) is 1. The van der Waals surface area contributed by atoms with Gasteiger partial charge in [-0.25, -0.2) is 8.42 Å². The fourth-order valence-electron chi connectivity index (χ4n) is 2.44. The van der Waals surface area contributed by atoms with E-state index in [1.165, 1.54) is 38.2 Å².